The van der Waals surface area contributed by atoms with Gasteiger partial charge < -0.3 is 5.32 Å². The number of rotatable bonds is 6. The van der Waals surface area contributed by atoms with Gasteiger partial charge in [-0.1, -0.05) is 12.1 Å². The number of likely N-dealkylation sites (tertiary alicyclic amines) is 1. The third-order valence-corrected chi connectivity index (χ3v) is 6.61. The summed E-state index contributed by atoms with van der Waals surface area (Å²) in [6.07, 6.45) is 9.29. The zero-order valence-corrected chi connectivity index (χ0v) is 17.5. The summed E-state index contributed by atoms with van der Waals surface area (Å²) in [6.45, 7) is 6.49. The zero-order valence-electron chi connectivity index (χ0n) is 17.5. The van der Waals surface area contributed by atoms with Crippen LogP contribution in [0.25, 0.3) is 0 Å². The van der Waals surface area contributed by atoms with Crippen molar-refractivity contribution in [3.63, 3.8) is 0 Å². The summed E-state index contributed by atoms with van der Waals surface area (Å²) in [5.41, 5.74) is 4.95. The van der Waals surface area contributed by atoms with Crippen LogP contribution in [0, 0.1) is 25.1 Å². The van der Waals surface area contributed by atoms with E-state index in [4.69, 9.17) is 15.2 Å². The average molecular weight is 387 g/mol. The first kappa shape index (κ1) is 20.1. The minimum Gasteiger partial charge on any atom is -0.314 e. The van der Waals surface area contributed by atoms with Crippen LogP contribution in [0.15, 0.2) is 36.7 Å². The monoisotopic (exact) mass is 387 g/mol. The van der Waals surface area contributed by atoms with E-state index >= 15 is 0 Å². The molecule has 2 atom stereocenters. The molecule has 0 spiro atoms. The Morgan fingerprint density at radius 3 is 2.17 bits per heavy atom. The van der Waals surface area contributed by atoms with Crippen molar-refractivity contribution in [3.05, 3.63) is 59.2 Å². The van der Waals surface area contributed by atoms with E-state index in [1.807, 2.05) is 24.5 Å². The summed E-state index contributed by atoms with van der Waals surface area (Å²) >= 11 is 0. The number of nitriles is 1. The fourth-order valence-electron chi connectivity index (χ4n) is 4.93. The number of hydrogen-bond donors (Lipinski definition) is 1. The second-order valence-electron chi connectivity index (χ2n) is 8.56. The van der Waals surface area contributed by atoms with Gasteiger partial charge in [-0.2, -0.15) is 0 Å². The van der Waals surface area contributed by atoms with Crippen LogP contribution in [-0.4, -0.2) is 40.7 Å². The van der Waals surface area contributed by atoms with Gasteiger partial charge in [0, 0.05) is 31.5 Å². The van der Waals surface area contributed by atoms with Crippen LogP contribution in [0.1, 0.15) is 53.9 Å². The summed E-state index contributed by atoms with van der Waals surface area (Å²) in [7, 11) is 0. The topological polar surface area (TPSA) is 64.8 Å². The van der Waals surface area contributed by atoms with Gasteiger partial charge in [0.25, 0.3) is 6.71 Å². The molecule has 0 bridgehead atoms. The predicted molar refractivity (Wildman–Crippen MR) is 117 cm³/mol. The number of pyridine rings is 2. The zero-order chi connectivity index (χ0) is 20.2. The number of hydrogen-bond acceptors (Lipinski definition) is 5. The highest BCUT2D eigenvalue weighted by Crippen LogP contribution is 2.41. The average Bonchev–Trinajstić information content (AvgIpc) is 2.70. The Kier molecular flexibility index (Phi) is 6.27. The molecule has 2 aliphatic heterocycles. The van der Waals surface area contributed by atoms with E-state index < -0.39 is 0 Å². The molecule has 0 aromatic carbocycles. The molecule has 4 rings (SSSR count). The van der Waals surface area contributed by atoms with Crippen LogP contribution in [0.3, 0.4) is 0 Å². The number of aromatic nitrogens is 2. The normalized spacial score (nSPS) is 22.9. The van der Waals surface area contributed by atoms with Crippen LogP contribution in [-0.2, 0) is 0 Å². The van der Waals surface area contributed by atoms with E-state index in [9.17, 15) is 0 Å². The van der Waals surface area contributed by atoms with Crippen LogP contribution < -0.4 is 5.32 Å². The summed E-state index contributed by atoms with van der Waals surface area (Å²) in [6, 6.07) is 9.54. The maximum atomic E-state index is 9.01. The van der Waals surface area contributed by atoms with E-state index in [1.54, 1.807) is 0 Å². The molecular weight excluding hydrogens is 357 g/mol. The lowest BCUT2D eigenvalue weighted by molar-refractivity contribution is 0.0765. The molecule has 29 heavy (non-hydrogen) atoms. The predicted octanol–water partition coefficient (Wildman–Crippen LogP) is 3.89. The Labute approximate surface area is 174 Å². The Morgan fingerprint density at radius 1 is 1.07 bits per heavy atom. The molecule has 0 radical (unpaired) electrons. The smallest absolute Gasteiger partial charge is 0.270 e. The van der Waals surface area contributed by atoms with Gasteiger partial charge >= 0.3 is 0 Å². The van der Waals surface area contributed by atoms with Crippen molar-refractivity contribution in [3.8, 4) is 5.97 Å². The van der Waals surface area contributed by atoms with Crippen molar-refractivity contribution in [1.29, 1.82) is 5.26 Å². The first-order chi connectivity index (χ1) is 14.2. The minimum atomic E-state index is 0.246. The van der Waals surface area contributed by atoms with Crippen LogP contribution in [0.5, 0.6) is 0 Å². The Morgan fingerprint density at radius 2 is 1.66 bits per heavy atom. The Bertz CT molecular complexity index is 820. The van der Waals surface area contributed by atoms with Crippen LogP contribution in [0.2, 0.25) is 12.6 Å². The fourth-order valence-corrected chi connectivity index (χ4v) is 4.93. The molecule has 0 aliphatic carbocycles. The van der Waals surface area contributed by atoms with E-state index in [0.717, 1.165) is 38.6 Å². The molecule has 5 nitrogen and oxygen atoms in total. The molecule has 1 N–H and O–H groups in total. The standard InChI is InChI=1S/C23H30BN5/c1-17-6-4-10-27-22(17)20-8-3-9-21(23-18(2)7-5-11-28-23)29(20)13-12-26-19-14-24(15-19)16-25/h4-7,10-11,19-21,26H,3,8-9,12-15H2,1-2H3. The van der Waals surface area contributed by atoms with Gasteiger partial charge in [-0.3, -0.25) is 14.9 Å². The van der Waals surface area contributed by atoms with Crippen LogP contribution >= 0.6 is 0 Å². The molecule has 6 heteroatoms. The highest BCUT2D eigenvalue weighted by Gasteiger charge is 2.36. The lowest BCUT2D eigenvalue weighted by atomic mass is 9.34. The summed E-state index contributed by atoms with van der Waals surface area (Å²) in [5.74, 6) is 2.37. The third kappa shape index (κ3) is 4.36. The van der Waals surface area contributed by atoms with Crippen molar-refractivity contribution in [2.75, 3.05) is 13.1 Å². The first-order valence-corrected chi connectivity index (χ1v) is 10.9. The molecular formula is C23H30BN5. The summed E-state index contributed by atoms with van der Waals surface area (Å²) in [5, 5.41) is 12.7. The minimum absolute atomic E-state index is 0.246. The van der Waals surface area contributed by atoms with Gasteiger partial charge in [0.15, 0.2) is 0 Å². The number of aryl methyl sites for hydroxylation is 2. The highest BCUT2D eigenvalue weighted by atomic mass is 15.2. The van der Waals surface area contributed by atoms with Gasteiger partial charge in [0.05, 0.1) is 23.5 Å². The molecule has 0 saturated carbocycles. The largest absolute Gasteiger partial charge is 0.314 e. The van der Waals surface area contributed by atoms with Gasteiger partial charge in [-0.05, 0) is 75.1 Å². The number of piperidine rings is 1. The van der Waals surface area contributed by atoms with E-state index in [-0.39, 0.29) is 6.71 Å². The lowest BCUT2D eigenvalue weighted by Gasteiger charge is -2.43. The maximum Gasteiger partial charge on any atom is 0.270 e. The van der Waals surface area contributed by atoms with Gasteiger partial charge in [0.1, 0.15) is 0 Å². The highest BCUT2D eigenvalue weighted by molar-refractivity contribution is 6.70. The van der Waals surface area contributed by atoms with Crippen molar-refractivity contribution in [2.45, 2.75) is 63.9 Å². The number of nitrogens with zero attached hydrogens (tertiary/aromatic N) is 4. The molecule has 150 valence electrons. The van der Waals surface area contributed by atoms with Gasteiger partial charge in [-0.15, -0.1) is 0 Å². The number of nitrogens with one attached hydrogen (secondary N) is 1. The quantitative estimate of drug-likeness (QED) is 0.762. The maximum absolute atomic E-state index is 9.01. The molecule has 2 aliphatic rings. The Balaban J connectivity index is 1.54. The summed E-state index contributed by atoms with van der Waals surface area (Å²) in [4.78, 5) is 12.2. The van der Waals surface area contributed by atoms with Crippen molar-refractivity contribution >= 4 is 6.71 Å². The SMILES string of the molecule is Cc1cccnc1C1CCCC(c2ncccc2C)N1CCNC1CB(C#N)C1. The van der Waals surface area contributed by atoms with E-state index in [2.05, 4.69) is 42.2 Å². The Hall–Kier alpha value is -2.23. The molecule has 4 heterocycles. The first-order valence-electron chi connectivity index (χ1n) is 10.9. The second-order valence-corrected chi connectivity index (χ2v) is 8.56. The molecule has 0 amide bonds. The van der Waals surface area contributed by atoms with E-state index in [1.165, 1.54) is 28.9 Å². The second kappa shape index (κ2) is 9.07. The lowest BCUT2D eigenvalue weighted by Crippen LogP contribution is -2.48. The van der Waals surface area contributed by atoms with Crippen LogP contribution in [0.4, 0.5) is 0 Å². The third-order valence-electron chi connectivity index (χ3n) is 6.61. The van der Waals surface area contributed by atoms with Gasteiger partial charge in [0.2, 0.25) is 0 Å². The molecule has 2 aromatic heterocycles. The fraction of sp³-hybridized carbons (Fsp3) is 0.522. The summed E-state index contributed by atoms with van der Waals surface area (Å²) < 4.78 is 0. The van der Waals surface area contributed by atoms with Crippen molar-refractivity contribution < 1.29 is 0 Å². The van der Waals surface area contributed by atoms with Crippen molar-refractivity contribution in [2.24, 2.45) is 0 Å². The van der Waals surface area contributed by atoms with Gasteiger partial charge in [-0.25, -0.2) is 5.26 Å². The van der Waals surface area contributed by atoms with E-state index in [0.29, 0.717) is 18.1 Å². The molecule has 2 fully saturated rings. The molecule has 2 saturated heterocycles. The van der Waals surface area contributed by atoms with Crippen molar-refractivity contribution in [1.82, 2.24) is 20.2 Å². The molecule has 2 aromatic rings. The molecule has 2 unspecified atom stereocenters.